The summed E-state index contributed by atoms with van der Waals surface area (Å²) in [5, 5.41) is 4.08. The van der Waals surface area contributed by atoms with Crippen LogP contribution in [0.5, 0.6) is 0 Å². The second-order valence-electron chi connectivity index (χ2n) is 2.84. The summed E-state index contributed by atoms with van der Waals surface area (Å²) in [6.07, 6.45) is 1.01. The van der Waals surface area contributed by atoms with Gasteiger partial charge in [0, 0.05) is 9.50 Å². The molecule has 0 saturated carbocycles. The molecular weight excluding hydrogens is 249 g/mol. The fourth-order valence-corrected chi connectivity index (χ4v) is 1.77. The minimum absolute atomic E-state index is 0.801. The normalized spacial score (nSPS) is 10.4. The van der Waals surface area contributed by atoms with E-state index >= 15 is 0 Å². The van der Waals surface area contributed by atoms with E-state index in [4.69, 9.17) is 11.6 Å². The maximum Gasteiger partial charge on any atom is 0.0409 e. The van der Waals surface area contributed by atoms with E-state index in [0.29, 0.717) is 0 Å². The van der Waals surface area contributed by atoms with Gasteiger partial charge in [-0.1, -0.05) is 34.5 Å². The van der Waals surface area contributed by atoms with Crippen molar-refractivity contribution in [2.24, 2.45) is 0 Å². The van der Waals surface area contributed by atoms with E-state index in [1.54, 1.807) is 0 Å². The first kappa shape index (κ1) is 11.0. The maximum atomic E-state index is 5.89. The molecule has 0 aliphatic rings. The van der Waals surface area contributed by atoms with Crippen LogP contribution in [0.1, 0.15) is 12.5 Å². The average Bonchev–Trinajstić information content (AvgIpc) is 2.11. The van der Waals surface area contributed by atoms with E-state index in [-0.39, 0.29) is 0 Å². The summed E-state index contributed by atoms with van der Waals surface area (Å²) in [6.45, 7) is 4.11. The zero-order valence-electron chi connectivity index (χ0n) is 7.61. The minimum Gasteiger partial charge on any atom is -0.317 e. The van der Waals surface area contributed by atoms with Crippen molar-refractivity contribution >= 4 is 27.5 Å². The molecule has 0 fully saturated rings. The van der Waals surface area contributed by atoms with Crippen LogP contribution in [0.15, 0.2) is 22.7 Å². The number of rotatable bonds is 4. The highest BCUT2D eigenvalue weighted by atomic mass is 79.9. The highest BCUT2D eigenvalue weighted by Crippen LogP contribution is 2.21. The lowest BCUT2D eigenvalue weighted by atomic mass is 10.1. The van der Waals surface area contributed by atoms with Crippen LogP contribution in [0.3, 0.4) is 0 Å². The Morgan fingerprint density at radius 3 is 2.92 bits per heavy atom. The lowest BCUT2D eigenvalue weighted by Crippen LogP contribution is -2.16. The first-order valence-electron chi connectivity index (χ1n) is 4.38. The summed E-state index contributed by atoms with van der Waals surface area (Å²) in [7, 11) is 0. The Hall–Kier alpha value is -0.0500. The number of likely N-dealkylation sites (N-methyl/N-ethyl adjacent to an activating group) is 1. The molecule has 0 saturated heterocycles. The predicted octanol–water partition coefficient (Wildman–Crippen LogP) is 3.25. The predicted molar refractivity (Wildman–Crippen MR) is 61.4 cm³/mol. The Bertz CT molecular complexity index is 276. The molecular formula is C10H13BrClN. The van der Waals surface area contributed by atoms with Crippen molar-refractivity contribution in [1.82, 2.24) is 5.32 Å². The lowest BCUT2D eigenvalue weighted by molar-refractivity contribution is 0.715. The SMILES string of the molecule is CCNCCc1cc(Cl)ccc1Br. The molecule has 0 aliphatic heterocycles. The van der Waals surface area contributed by atoms with Gasteiger partial charge in [-0.3, -0.25) is 0 Å². The number of hydrogen-bond acceptors (Lipinski definition) is 1. The third-order valence-corrected chi connectivity index (χ3v) is 2.84. The smallest absolute Gasteiger partial charge is 0.0409 e. The van der Waals surface area contributed by atoms with Crippen LogP contribution < -0.4 is 5.32 Å². The molecule has 0 bridgehead atoms. The molecule has 3 heteroatoms. The summed E-state index contributed by atoms with van der Waals surface area (Å²) < 4.78 is 1.13. The van der Waals surface area contributed by atoms with E-state index < -0.39 is 0 Å². The van der Waals surface area contributed by atoms with Crippen molar-refractivity contribution < 1.29 is 0 Å². The zero-order chi connectivity index (χ0) is 9.68. The second kappa shape index (κ2) is 5.63. The molecule has 0 heterocycles. The standard InChI is InChI=1S/C10H13BrClN/c1-2-13-6-5-8-7-9(12)3-4-10(8)11/h3-4,7,13H,2,5-6H2,1H3. The van der Waals surface area contributed by atoms with Gasteiger partial charge >= 0.3 is 0 Å². The van der Waals surface area contributed by atoms with Crippen LogP contribution in [-0.2, 0) is 6.42 Å². The topological polar surface area (TPSA) is 12.0 Å². The van der Waals surface area contributed by atoms with Crippen molar-refractivity contribution in [3.63, 3.8) is 0 Å². The maximum absolute atomic E-state index is 5.89. The lowest BCUT2D eigenvalue weighted by Gasteiger charge is -2.05. The largest absolute Gasteiger partial charge is 0.317 e. The van der Waals surface area contributed by atoms with Crippen LogP contribution in [0.25, 0.3) is 0 Å². The molecule has 1 rings (SSSR count). The Balaban J connectivity index is 2.59. The van der Waals surface area contributed by atoms with Gasteiger partial charge in [0.25, 0.3) is 0 Å². The summed E-state index contributed by atoms with van der Waals surface area (Å²) in [6, 6.07) is 5.88. The molecule has 13 heavy (non-hydrogen) atoms. The molecule has 0 atom stereocenters. The van der Waals surface area contributed by atoms with Gasteiger partial charge < -0.3 is 5.32 Å². The summed E-state index contributed by atoms with van der Waals surface area (Å²) >= 11 is 9.38. The summed E-state index contributed by atoms with van der Waals surface area (Å²) in [4.78, 5) is 0. The number of benzene rings is 1. The van der Waals surface area contributed by atoms with Gasteiger partial charge in [-0.05, 0) is 43.3 Å². The molecule has 1 aromatic rings. The van der Waals surface area contributed by atoms with E-state index in [1.165, 1.54) is 5.56 Å². The van der Waals surface area contributed by atoms with Crippen LogP contribution in [0, 0.1) is 0 Å². The quantitative estimate of drug-likeness (QED) is 0.822. The number of halogens is 2. The molecule has 1 aromatic carbocycles. The molecule has 1 nitrogen and oxygen atoms in total. The zero-order valence-corrected chi connectivity index (χ0v) is 9.95. The van der Waals surface area contributed by atoms with Crippen LogP contribution in [0.2, 0.25) is 5.02 Å². The molecule has 72 valence electrons. The van der Waals surface area contributed by atoms with Crippen molar-refractivity contribution in [3.8, 4) is 0 Å². The summed E-state index contributed by atoms with van der Waals surface area (Å²) in [5.74, 6) is 0. The second-order valence-corrected chi connectivity index (χ2v) is 4.13. The van der Waals surface area contributed by atoms with Gasteiger partial charge in [-0.15, -0.1) is 0 Å². The Labute approximate surface area is 92.6 Å². The fourth-order valence-electron chi connectivity index (χ4n) is 1.13. The number of hydrogen-bond donors (Lipinski definition) is 1. The Morgan fingerprint density at radius 2 is 2.23 bits per heavy atom. The first-order chi connectivity index (χ1) is 6.24. The summed E-state index contributed by atoms with van der Waals surface area (Å²) in [5.41, 5.74) is 1.26. The molecule has 0 amide bonds. The monoisotopic (exact) mass is 261 g/mol. The molecule has 1 N–H and O–H groups in total. The van der Waals surface area contributed by atoms with E-state index in [2.05, 4.69) is 28.2 Å². The van der Waals surface area contributed by atoms with E-state index in [1.807, 2.05) is 18.2 Å². The number of nitrogens with one attached hydrogen (secondary N) is 1. The van der Waals surface area contributed by atoms with E-state index in [0.717, 1.165) is 29.0 Å². The molecule has 0 aliphatic carbocycles. The fraction of sp³-hybridized carbons (Fsp3) is 0.400. The van der Waals surface area contributed by atoms with Gasteiger partial charge in [-0.25, -0.2) is 0 Å². The third-order valence-electron chi connectivity index (χ3n) is 1.83. The first-order valence-corrected chi connectivity index (χ1v) is 5.55. The van der Waals surface area contributed by atoms with Crippen LogP contribution in [-0.4, -0.2) is 13.1 Å². The van der Waals surface area contributed by atoms with Gasteiger partial charge in [0.05, 0.1) is 0 Å². The Morgan fingerprint density at radius 1 is 1.46 bits per heavy atom. The minimum atomic E-state index is 0.801. The Kier molecular flexibility index (Phi) is 4.78. The molecule has 0 spiro atoms. The van der Waals surface area contributed by atoms with Crippen LogP contribution in [0.4, 0.5) is 0 Å². The molecule has 0 unspecified atom stereocenters. The average molecular weight is 263 g/mol. The molecule has 0 radical (unpaired) electrons. The van der Waals surface area contributed by atoms with Crippen molar-refractivity contribution in [2.75, 3.05) is 13.1 Å². The third kappa shape index (κ3) is 3.67. The van der Waals surface area contributed by atoms with Gasteiger partial charge in [0.1, 0.15) is 0 Å². The van der Waals surface area contributed by atoms with Gasteiger partial charge in [-0.2, -0.15) is 0 Å². The van der Waals surface area contributed by atoms with Crippen molar-refractivity contribution in [2.45, 2.75) is 13.3 Å². The highest BCUT2D eigenvalue weighted by Gasteiger charge is 1.99. The van der Waals surface area contributed by atoms with Gasteiger partial charge in [0.15, 0.2) is 0 Å². The van der Waals surface area contributed by atoms with Gasteiger partial charge in [0.2, 0.25) is 0 Å². The van der Waals surface area contributed by atoms with Crippen LogP contribution >= 0.6 is 27.5 Å². The molecule has 0 aromatic heterocycles. The van der Waals surface area contributed by atoms with Crippen molar-refractivity contribution in [3.05, 3.63) is 33.3 Å². The van der Waals surface area contributed by atoms with Crippen molar-refractivity contribution in [1.29, 1.82) is 0 Å². The highest BCUT2D eigenvalue weighted by molar-refractivity contribution is 9.10. The van der Waals surface area contributed by atoms with E-state index in [9.17, 15) is 0 Å².